The van der Waals surface area contributed by atoms with Crippen LogP contribution >= 0.6 is 0 Å². The molecule has 2 rings (SSSR count). The highest BCUT2D eigenvalue weighted by Gasteiger charge is 2.13. The Morgan fingerprint density at radius 3 is 2.60 bits per heavy atom. The molecular weight excluding hydrogens is 186 g/mol. The van der Waals surface area contributed by atoms with Gasteiger partial charge in [0.25, 0.3) is 0 Å². The standard InChI is InChI=1S/C12H19N3/c1-13-11-8-5-9-12(15-11)14-10-6-3-2-4-7-10/h5,8-10H,2-4,6-7H2,1H3,(H2,13,14,15). The molecular formula is C12H19N3. The van der Waals surface area contributed by atoms with E-state index in [1.54, 1.807) is 0 Å². The Bertz CT molecular complexity index is 305. The monoisotopic (exact) mass is 205 g/mol. The molecule has 1 heterocycles. The zero-order valence-electron chi connectivity index (χ0n) is 9.29. The first kappa shape index (κ1) is 10.3. The first-order valence-electron chi connectivity index (χ1n) is 5.80. The number of nitrogens with one attached hydrogen (secondary N) is 2. The molecule has 1 aromatic heterocycles. The molecule has 0 atom stereocenters. The third kappa shape index (κ3) is 2.85. The van der Waals surface area contributed by atoms with Crippen LogP contribution in [0.4, 0.5) is 11.6 Å². The van der Waals surface area contributed by atoms with Crippen LogP contribution in [0.25, 0.3) is 0 Å². The van der Waals surface area contributed by atoms with Gasteiger partial charge in [-0.1, -0.05) is 25.3 Å². The van der Waals surface area contributed by atoms with Gasteiger partial charge in [-0.3, -0.25) is 0 Å². The van der Waals surface area contributed by atoms with Gasteiger partial charge in [0, 0.05) is 13.1 Å². The molecule has 1 aliphatic carbocycles. The first-order valence-corrected chi connectivity index (χ1v) is 5.80. The molecule has 1 aromatic rings. The van der Waals surface area contributed by atoms with Crippen LogP contribution < -0.4 is 10.6 Å². The van der Waals surface area contributed by atoms with E-state index in [0.29, 0.717) is 6.04 Å². The molecule has 0 bridgehead atoms. The van der Waals surface area contributed by atoms with Crippen molar-refractivity contribution in [2.75, 3.05) is 17.7 Å². The average Bonchev–Trinajstić information content (AvgIpc) is 2.31. The lowest BCUT2D eigenvalue weighted by Crippen LogP contribution is -2.22. The molecule has 0 spiro atoms. The van der Waals surface area contributed by atoms with Crippen molar-refractivity contribution in [2.24, 2.45) is 0 Å². The fourth-order valence-corrected chi connectivity index (χ4v) is 2.11. The second-order valence-electron chi connectivity index (χ2n) is 4.14. The van der Waals surface area contributed by atoms with E-state index in [9.17, 15) is 0 Å². The van der Waals surface area contributed by atoms with Crippen molar-refractivity contribution in [1.29, 1.82) is 0 Å². The predicted molar refractivity (Wildman–Crippen MR) is 64.3 cm³/mol. The highest BCUT2D eigenvalue weighted by atomic mass is 15.1. The summed E-state index contributed by atoms with van der Waals surface area (Å²) >= 11 is 0. The molecule has 2 N–H and O–H groups in total. The number of pyridine rings is 1. The summed E-state index contributed by atoms with van der Waals surface area (Å²) in [5, 5.41) is 6.56. The molecule has 0 radical (unpaired) electrons. The van der Waals surface area contributed by atoms with Crippen molar-refractivity contribution in [2.45, 2.75) is 38.1 Å². The van der Waals surface area contributed by atoms with E-state index in [-0.39, 0.29) is 0 Å². The summed E-state index contributed by atoms with van der Waals surface area (Å²) in [6.07, 6.45) is 6.66. The number of aromatic nitrogens is 1. The Morgan fingerprint density at radius 1 is 1.13 bits per heavy atom. The highest BCUT2D eigenvalue weighted by Crippen LogP contribution is 2.21. The van der Waals surface area contributed by atoms with E-state index in [2.05, 4.69) is 15.6 Å². The second-order valence-corrected chi connectivity index (χ2v) is 4.14. The lowest BCUT2D eigenvalue weighted by molar-refractivity contribution is 0.462. The number of hydrogen-bond donors (Lipinski definition) is 2. The van der Waals surface area contributed by atoms with Crippen LogP contribution in [0.15, 0.2) is 18.2 Å². The van der Waals surface area contributed by atoms with Crippen molar-refractivity contribution in [3.63, 3.8) is 0 Å². The van der Waals surface area contributed by atoms with Gasteiger partial charge in [0.1, 0.15) is 11.6 Å². The summed E-state index contributed by atoms with van der Waals surface area (Å²) in [5.41, 5.74) is 0. The first-order chi connectivity index (χ1) is 7.38. The number of anilines is 2. The smallest absolute Gasteiger partial charge is 0.128 e. The van der Waals surface area contributed by atoms with Crippen LogP contribution in [0.2, 0.25) is 0 Å². The van der Waals surface area contributed by atoms with Gasteiger partial charge in [0.05, 0.1) is 0 Å². The van der Waals surface area contributed by atoms with Gasteiger partial charge in [-0.25, -0.2) is 4.98 Å². The van der Waals surface area contributed by atoms with Gasteiger partial charge in [-0.05, 0) is 25.0 Å². The Kier molecular flexibility index (Phi) is 3.43. The summed E-state index contributed by atoms with van der Waals surface area (Å²) < 4.78 is 0. The van der Waals surface area contributed by atoms with Gasteiger partial charge < -0.3 is 10.6 Å². The van der Waals surface area contributed by atoms with E-state index in [1.807, 2.05) is 25.2 Å². The number of hydrogen-bond acceptors (Lipinski definition) is 3. The number of rotatable bonds is 3. The van der Waals surface area contributed by atoms with Crippen molar-refractivity contribution in [1.82, 2.24) is 4.98 Å². The Hall–Kier alpha value is -1.25. The summed E-state index contributed by atoms with van der Waals surface area (Å²) in [5.74, 6) is 1.92. The second kappa shape index (κ2) is 5.01. The number of nitrogens with zero attached hydrogens (tertiary/aromatic N) is 1. The van der Waals surface area contributed by atoms with Gasteiger partial charge in [-0.15, -0.1) is 0 Å². The highest BCUT2D eigenvalue weighted by molar-refractivity contribution is 5.45. The molecule has 0 aliphatic heterocycles. The largest absolute Gasteiger partial charge is 0.373 e. The van der Waals surface area contributed by atoms with Crippen molar-refractivity contribution >= 4 is 11.6 Å². The Balaban J connectivity index is 1.96. The molecule has 1 saturated carbocycles. The molecule has 0 unspecified atom stereocenters. The minimum atomic E-state index is 0.623. The summed E-state index contributed by atoms with van der Waals surface area (Å²) in [6.45, 7) is 0. The molecule has 3 nitrogen and oxygen atoms in total. The molecule has 1 aliphatic rings. The summed E-state index contributed by atoms with van der Waals surface area (Å²) in [7, 11) is 1.90. The molecule has 82 valence electrons. The van der Waals surface area contributed by atoms with Crippen LogP contribution in [0.5, 0.6) is 0 Å². The average molecular weight is 205 g/mol. The van der Waals surface area contributed by atoms with Crippen LogP contribution in [0.1, 0.15) is 32.1 Å². The fraction of sp³-hybridized carbons (Fsp3) is 0.583. The molecule has 1 fully saturated rings. The molecule has 15 heavy (non-hydrogen) atoms. The van der Waals surface area contributed by atoms with Crippen LogP contribution in [-0.4, -0.2) is 18.1 Å². The maximum absolute atomic E-state index is 4.46. The molecule has 0 aromatic carbocycles. The maximum atomic E-state index is 4.46. The molecule has 0 amide bonds. The van der Waals surface area contributed by atoms with E-state index < -0.39 is 0 Å². The SMILES string of the molecule is CNc1cccc(NC2CCCCC2)n1. The van der Waals surface area contributed by atoms with Crippen molar-refractivity contribution < 1.29 is 0 Å². The normalized spacial score (nSPS) is 17.4. The van der Waals surface area contributed by atoms with Crippen LogP contribution in [0, 0.1) is 0 Å². The molecule has 3 heteroatoms. The lowest BCUT2D eigenvalue weighted by atomic mass is 9.95. The van der Waals surface area contributed by atoms with Crippen LogP contribution in [0.3, 0.4) is 0 Å². The third-order valence-electron chi connectivity index (χ3n) is 2.96. The Morgan fingerprint density at radius 2 is 1.87 bits per heavy atom. The van der Waals surface area contributed by atoms with Gasteiger partial charge in [-0.2, -0.15) is 0 Å². The lowest BCUT2D eigenvalue weighted by Gasteiger charge is -2.23. The maximum Gasteiger partial charge on any atom is 0.128 e. The van der Waals surface area contributed by atoms with E-state index >= 15 is 0 Å². The van der Waals surface area contributed by atoms with E-state index in [4.69, 9.17) is 0 Å². The van der Waals surface area contributed by atoms with Gasteiger partial charge >= 0.3 is 0 Å². The molecule has 0 saturated heterocycles. The fourth-order valence-electron chi connectivity index (χ4n) is 2.11. The van der Waals surface area contributed by atoms with E-state index in [1.165, 1.54) is 32.1 Å². The van der Waals surface area contributed by atoms with Crippen LogP contribution in [-0.2, 0) is 0 Å². The quantitative estimate of drug-likeness (QED) is 0.796. The van der Waals surface area contributed by atoms with E-state index in [0.717, 1.165) is 11.6 Å². The summed E-state index contributed by atoms with van der Waals surface area (Å²) in [6, 6.07) is 6.67. The van der Waals surface area contributed by atoms with Crippen molar-refractivity contribution in [3.8, 4) is 0 Å². The predicted octanol–water partition coefficient (Wildman–Crippen LogP) is 2.87. The van der Waals surface area contributed by atoms with Crippen molar-refractivity contribution in [3.05, 3.63) is 18.2 Å². The van der Waals surface area contributed by atoms with Gasteiger partial charge in [0.2, 0.25) is 0 Å². The summed E-state index contributed by atoms with van der Waals surface area (Å²) in [4.78, 5) is 4.46. The minimum Gasteiger partial charge on any atom is -0.373 e. The third-order valence-corrected chi connectivity index (χ3v) is 2.96. The van der Waals surface area contributed by atoms with Gasteiger partial charge in [0.15, 0.2) is 0 Å². The minimum absolute atomic E-state index is 0.623. The topological polar surface area (TPSA) is 37.0 Å². The zero-order chi connectivity index (χ0) is 10.5. The zero-order valence-corrected chi connectivity index (χ0v) is 9.29. The Labute approximate surface area is 91.3 Å².